The Morgan fingerprint density at radius 2 is 1.86 bits per heavy atom. The molecular weight excluding hydrogens is 314 g/mol. The van der Waals surface area contributed by atoms with Crippen LogP contribution in [0.5, 0.6) is 0 Å². The zero-order valence-corrected chi connectivity index (χ0v) is 13.6. The van der Waals surface area contributed by atoms with Crippen molar-refractivity contribution in [3.63, 3.8) is 0 Å². The maximum atomic E-state index is 14.6. The van der Waals surface area contributed by atoms with Gasteiger partial charge in [0.25, 0.3) is 0 Å². The van der Waals surface area contributed by atoms with Gasteiger partial charge in [-0.15, -0.1) is 0 Å². The van der Waals surface area contributed by atoms with E-state index in [-0.39, 0.29) is 34.5 Å². The molecule has 0 N–H and O–H groups in total. The molecule has 21 heavy (non-hydrogen) atoms. The molecule has 3 nitrogen and oxygen atoms in total. The lowest BCUT2D eigenvalue weighted by Crippen LogP contribution is -2.41. The Bertz CT molecular complexity index is 498. The smallest absolute Gasteiger partial charge is 0.179 e. The molecule has 0 radical (unpaired) electrons. The number of rotatable bonds is 5. The van der Waals surface area contributed by atoms with Crippen molar-refractivity contribution in [2.24, 2.45) is 0 Å². The van der Waals surface area contributed by atoms with E-state index in [0.717, 1.165) is 19.3 Å². The van der Waals surface area contributed by atoms with E-state index in [1.54, 1.807) is 11.9 Å². The van der Waals surface area contributed by atoms with E-state index in [9.17, 15) is 9.18 Å². The van der Waals surface area contributed by atoms with Crippen LogP contribution in [0.1, 0.15) is 42.5 Å². The lowest BCUT2D eigenvalue weighted by Gasteiger charge is -2.33. The Morgan fingerprint density at radius 1 is 1.29 bits per heavy atom. The number of carbonyl (C=O) groups excluding carboxylic acids is 1. The third-order valence-electron chi connectivity index (χ3n) is 3.85. The fraction of sp³-hybridized carbons (Fsp3) is 0.600. The van der Waals surface area contributed by atoms with E-state index in [1.807, 2.05) is 0 Å². The van der Waals surface area contributed by atoms with Crippen molar-refractivity contribution in [1.82, 2.24) is 9.88 Å². The zero-order chi connectivity index (χ0) is 15.5. The molecular formula is C15H19Cl2FN2O. The number of Topliss-reactive ketones (excluding diaryl/α,β-unsaturated/α-hetero) is 1. The quantitative estimate of drug-likeness (QED) is 0.758. The zero-order valence-electron chi connectivity index (χ0n) is 12.0. The molecule has 1 aromatic rings. The number of nitrogens with zero attached hydrogens (tertiary/aromatic N) is 2. The predicted octanol–water partition coefficient (Wildman–Crippen LogP) is 4.18. The summed E-state index contributed by atoms with van der Waals surface area (Å²) in [6, 6.07) is 0. The number of likely N-dealkylation sites (N-methyl/N-ethyl adjacent to an activating group) is 1. The molecule has 0 aliphatic heterocycles. The van der Waals surface area contributed by atoms with Crippen molar-refractivity contribution in [2.75, 3.05) is 20.1 Å². The van der Waals surface area contributed by atoms with Gasteiger partial charge in [0.2, 0.25) is 0 Å². The number of hydrogen-bond acceptors (Lipinski definition) is 3. The number of carbonyl (C=O) groups is 1. The molecule has 0 atom stereocenters. The van der Waals surface area contributed by atoms with E-state index in [0.29, 0.717) is 12.8 Å². The maximum absolute atomic E-state index is 14.6. The lowest BCUT2D eigenvalue weighted by atomic mass is 9.86. The number of hydrogen-bond donors (Lipinski definition) is 0. The molecule has 6 heteroatoms. The van der Waals surface area contributed by atoms with Crippen molar-refractivity contribution in [2.45, 2.75) is 37.8 Å². The van der Waals surface area contributed by atoms with Gasteiger partial charge in [-0.25, -0.2) is 4.39 Å². The molecule has 1 aliphatic carbocycles. The Labute approximate surface area is 134 Å². The van der Waals surface area contributed by atoms with Crippen molar-refractivity contribution in [3.8, 4) is 0 Å². The van der Waals surface area contributed by atoms with Gasteiger partial charge < -0.3 is 0 Å². The summed E-state index contributed by atoms with van der Waals surface area (Å²) in [5.41, 5.74) is -0.921. The molecule has 0 aromatic carbocycles. The summed E-state index contributed by atoms with van der Waals surface area (Å²) < 4.78 is 14.6. The number of aromatic nitrogens is 1. The molecule has 0 unspecified atom stereocenters. The summed E-state index contributed by atoms with van der Waals surface area (Å²) in [7, 11) is 1.75. The van der Waals surface area contributed by atoms with E-state index in [1.165, 1.54) is 12.4 Å². The number of halogens is 3. The third-order valence-corrected chi connectivity index (χ3v) is 4.42. The maximum Gasteiger partial charge on any atom is 0.179 e. The number of pyridine rings is 1. The minimum absolute atomic E-state index is 0.0924. The van der Waals surface area contributed by atoms with Crippen LogP contribution in [0.15, 0.2) is 12.4 Å². The first-order valence-electron chi connectivity index (χ1n) is 7.11. The molecule has 2 rings (SSSR count). The SMILES string of the molecule is CN(CC(=O)c1c(Cl)cncc1Cl)CC1(F)CCCCC1. The van der Waals surface area contributed by atoms with Gasteiger partial charge in [-0.2, -0.15) is 0 Å². The molecule has 116 valence electrons. The molecule has 1 fully saturated rings. The second kappa shape index (κ2) is 7.03. The minimum atomic E-state index is -1.18. The van der Waals surface area contributed by atoms with Crippen molar-refractivity contribution >= 4 is 29.0 Å². The van der Waals surface area contributed by atoms with E-state index in [2.05, 4.69) is 4.98 Å². The highest BCUT2D eigenvalue weighted by Crippen LogP contribution is 2.32. The Hall–Kier alpha value is -0.710. The van der Waals surface area contributed by atoms with Crippen LogP contribution in [0.25, 0.3) is 0 Å². The lowest BCUT2D eigenvalue weighted by molar-refractivity contribution is 0.0612. The largest absolute Gasteiger partial charge is 0.296 e. The summed E-state index contributed by atoms with van der Waals surface area (Å²) in [5, 5.41) is 0.460. The highest BCUT2D eigenvalue weighted by atomic mass is 35.5. The first-order valence-corrected chi connectivity index (χ1v) is 7.86. The summed E-state index contributed by atoms with van der Waals surface area (Å²) in [4.78, 5) is 17.8. The van der Waals surface area contributed by atoms with E-state index in [4.69, 9.17) is 23.2 Å². The normalized spacial score (nSPS) is 18.0. The van der Waals surface area contributed by atoms with Crippen molar-refractivity contribution in [3.05, 3.63) is 28.0 Å². The fourth-order valence-corrected chi connectivity index (χ4v) is 3.46. The van der Waals surface area contributed by atoms with E-state index < -0.39 is 5.67 Å². The molecule has 1 aromatic heterocycles. The number of alkyl halides is 1. The molecule has 0 spiro atoms. The van der Waals surface area contributed by atoms with Gasteiger partial charge in [0.1, 0.15) is 5.67 Å². The molecule has 0 bridgehead atoms. The first-order chi connectivity index (χ1) is 9.91. The molecule has 1 heterocycles. The standard InChI is InChI=1S/C15H19Cl2FN2O/c1-20(10-15(18)5-3-2-4-6-15)9-13(21)14-11(16)7-19-8-12(14)17/h7-8H,2-6,9-10H2,1H3. The van der Waals surface area contributed by atoms with Crippen LogP contribution < -0.4 is 0 Å². The topological polar surface area (TPSA) is 33.2 Å². The first kappa shape index (κ1) is 16.7. The van der Waals surface area contributed by atoms with Gasteiger partial charge in [-0.1, -0.05) is 42.5 Å². The second-order valence-electron chi connectivity index (χ2n) is 5.79. The van der Waals surface area contributed by atoms with Crippen LogP contribution in [0.2, 0.25) is 10.0 Å². The Balaban J connectivity index is 1.99. The molecule has 1 saturated carbocycles. The summed E-state index contributed by atoms with van der Waals surface area (Å²) >= 11 is 11.9. The van der Waals surface area contributed by atoms with Crippen LogP contribution in [0.4, 0.5) is 4.39 Å². The number of ketones is 1. The monoisotopic (exact) mass is 332 g/mol. The molecule has 0 amide bonds. The highest BCUT2D eigenvalue weighted by molar-refractivity contribution is 6.39. The Morgan fingerprint density at radius 3 is 2.43 bits per heavy atom. The molecule has 0 saturated heterocycles. The summed E-state index contributed by atoms with van der Waals surface area (Å²) in [6.45, 7) is 0.355. The second-order valence-corrected chi connectivity index (χ2v) is 6.60. The average molecular weight is 333 g/mol. The summed E-state index contributed by atoms with van der Waals surface area (Å²) in [6.07, 6.45) is 6.85. The van der Waals surface area contributed by atoms with Crippen LogP contribution in [-0.2, 0) is 0 Å². The average Bonchev–Trinajstić information content (AvgIpc) is 2.38. The van der Waals surface area contributed by atoms with Gasteiger partial charge in [0, 0.05) is 18.9 Å². The van der Waals surface area contributed by atoms with Crippen LogP contribution in [0.3, 0.4) is 0 Å². The predicted molar refractivity (Wildman–Crippen MR) is 83.0 cm³/mol. The van der Waals surface area contributed by atoms with Gasteiger partial charge in [0.05, 0.1) is 22.2 Å². The van der Waals surface area contributed by atoms with Gasteiger partial charge in [0.15, 0.2) is 5.78 Å². The van der Waals surface area contributed by atoms with Gasteiger partial charge >= 0.3 is 0 Å². The molecule has 1 aliphatic rings. The van der Waals surface area contributed by atoms with Crippen LogP contribution in [-0.4, -0.2) is 41.5 Å². The van der Waals surface area contributed by atoms with Crippen LogP contribution >= 0.6 is 23.2 Å². The Kier molecular flexibility index (Phi) is 5.58. The van der Waals surface area contributed by atoms with Gasteiger partial charge in [-0.3, -0.25) is 14.7 Å². The fourth-order valence-electron chi connectivity index (χ4n) is 2.89. The van der Waals surface area contributed by atoms with Crippen molar-refractivity contribution < 1.29 is 9.18 Å². The highest BCUT2D eigenvalue weighted by Gasteiger charge is 2.33. The van der Waals surface area contributed by atoms with Crippen molar-refractivity contribution in [1.29, 1.82) is 0 Å². The third kappa shape index (κ3) is 4.38. The van der Waals surface area contributed by atoms with Crippen LogP contribution in [0, 0.1) is 0 Å². The minimum Gasteiger partial charge on any atom is -0.296 e. The summed E-state index contributed by atoms with van der Waals surface area (Å²) in [5.74, 6) is -0.214. The van der Waals surface area contributed by atoms with E-state index >= 15 is 0 Å². The van der Waals surface area contributed by atoms with Gasteiger partial charge in [-0.05, 0) is 19.9 Å².